The lowest BCUT2D eigenvalue weighted by atomic mass is 9.84. The molecule has 2 N–H and O–H groups in total. The smallest absolute Gasteiger partial charge is 0.308 e. The van der Waals surface area contributed by atoms with E-state index in [2.05, 4.69) is 5.32 Å². The maximum atomic E-state index is 10.9. The third-order valence-corrected chi connectivity index (χ3v) is 3.53. The zero-order valence-corrected chi connectivity index (χ0v) is 8.51. The topological polar surface area (TPSA) is 49.3 Å². The minimum Gasteiger partial charge on any atom is -0.481 e. The summed E-state index contributed by atoms with van der Waals surface area (Å²) in [5.74, 6) is 0.348. The minimum atomic E-state index is -0.610. The van der Waals surface area contributed by atoms with Crippen molar-refractivity contribution in [2.24, 2.45) is 17.8 Å². The normalized spacial score (nSPS) is 41.6. The number of fused-ring (bicyclic) bond motifs is 2. The number of aliphatic carboxylic acids is 1. The van der Waals surface area contributed by atoms with Gasteiger partial charge in [0.25, 0.3) is 0 Å². The van der Waals surface area contributed by atoms with Gasteiger partial charge in [0, 0.05) is 6.04 Å². The number of carboxylic acids is 1. The van der Waals surface area contributed by atoms with Gasteiger partial charge in [-0.25, -0.2) is 0 Å². The third kappa shape index (κ3) is 1.55. The van der Waals surface area contributed by atoms with Crippen LogP contribution in [0.5, 0.6) is 0 Å². The molecule has 0 unspecified atom stereocenters. The van der Waals surface area contributed by atoms with E-state index in [1.54, 1.807) is 0 Å². The van der Waals surface area contributed by atoms with E-state index < -0.39 is 5.97 Å². The van der Waals surface area contributed by atoms with E-state index in [0.29, 0.717) is 11.8 Å². The molecule has 2 fully saturated rings. The molecule has 13 heavy (non-hydrogen) atoms. The molecular weight excluding hydrogens is 190 g/mol. The highest BCUT2D eigenvalue weighted by atomic mass is 35.5. The van der Waals surface area contributed by atoms with E-state index in [1.807, 2.05) is 7.05 Å². The summed E-state index contributed by atoms with van der Waals surface area (Å²) in [4.78, 5) is 10.9. The first-order valence-corrected chi connectivity index (χ1v) is 4.64. The van der Waals surface area contributed by atoms with Crippen LogP contribution in [0.25, 0.3) is 0 Å². The first-order valence-electron chi connectivity index (χ1n) is 4.64. The molecule has 2 aliphatic carbocycles. The van der Waals surface area contributed by atoms with Gasteiger partial charge in [-0.2, -0.15) is 0 Å². The Morgan fingerprint density at radius 3 is 2.46 bits per heavy atom. The highest BCUT2D eigenvalue weighted by Gasteiger charge is 2.50. The summed E-state index contributed by atoms with van der Waals surface area (Å²) < 4.78 is 0. The number of hydrogen-bond donors (Lipinski definition) is 2. The molecule has 0 amide bonds. The van der Waals surface area contributed by atoms with Crippen LogP contribution in [0, 0.1) is 17.8 Å². The van der Waals surface area contributed by atoms with E-state index >= 15 is 0 Å². The molecule has 3 nitrogen and oxygen atoms in total. The van der Waals surface area contributed by atoms with E-state index in [1.165, 1.54) is 6.42 Å². The number of hydrogen-bond acceptors (Lipinski definition) is 2. The van der Waals surface area contributed by atoms with Gasteiger partial charge in [0.1, 0.15) is 0 Å². The van der Waals surface area contributed by atoms with Crippen molar-refractivity contribution in [3.05, 3.63) is 0 Å². The number of rotatable bonds is 2. The summed E-state index contributed by atoms with van der Waals surface area (Å²) in [6.45, 7) is 0. The zero-order chi connectivity index (χ0) is 8.72. The lowest BCUT2D eigenvalue weighted by Crippen LogP contribution is -2.42. The van der Waals surface area contributed by atoms with Gasteiger partial charge >= 0.3 is 5.97 Å². The highest BCUT2D eigenvalue weighted by molar-refractivity contribution is 5.85. The van der Waals surface area contributed by atoms with Gasteiger partial charge in [0.05, 0.1) is 5.92 Å². The van der Waals surface area contributed by atoms with Crippen LogP contribution in [0.15, 0.2) is 0 Å². The van der Waals surface area contributed by atoms with Crippen molar-refractivity contribution in [1.29, 1.82) is 0 Å². The lowest BCUT2D eigenvalue weighted by Gasteiger charge is -2.27. The van der Waals surface area contributed by atoms with Gasteiger partial charge in [-0.05, 0) is 38.1 Å². The van der Waals surface area contributed by atoms with Crippen molar-refractivity contribution in [3.8, 4) is 0 Å². The molecular formula is C9H16ClNO2. The van der Waals surface area contributed by atoms with Gasteiger partial charge < -0.3 is 10.4 Å². The van der Waals surface area contributed by atoms with Gasteiger partial charge in [0.15, 0.2) is 0 Å². The van der Waals surface area contributed by atoms with Crippen molar-refractivity contribution in [2.75, 3.05) is 7.05 Å². The van der Waals surface area contributed by atoms with Gasteiger partial charge in [0.2, 0.25) is 0 Å². The molecule has 0 heterocycles. The first-order chi connectivity index (χ1) is 5.74. The molecule has 2 aliphatic rings. The van der Waals surface area contributed by atoms with E-state index in [-0.39, 0.29) is 24.4 Å². The first kappa shape index (κ1) is 10.8. The Balaban J connectivity index is 0.000000845. The Labute approximate surface area is 84.3 Å². The monoisotopic (exact) mass is 205 g/mol. The summed E-state index contributed by atoms with van der Waals surface area (Å²) in [7, 11) is 1.88. The van der Waals surface area contributed by atoms with Crippen LogP contribution in [0.1, 0.15) is 19.3 Å². The number of nitrogens with one attached hydrogen (secondary N) is 1. The van der Waals surface area contributed by atoms with E-state index in [0.717, 1.165) is 12.8 Å². The van der Waals surface area contributed by atoms with Crippen molar-refractivity contribution in [2.45, 2.75) is 25.3 Å². The Kier molecular flexibility index (Phi) is 3.19. The number of carboxylic acid groups (broad SMARTS) is 1. The molecule has 4 heteroatoms. The fourth-order valence-electron chi connectivity index (χ4n) is 3.06. The Hall–Kier alpha value is -0.280. The van der Waals surface area contributed by atoms with Crippen molar-refractivity contribution < 1.29 is 9.90 Å². The predicted molar refractivity (Wildman–Crippen MR) is 52.1 cm³/mol. The summed E-state index contributed by atoms with van der Waals surface area (Å²) >= 11 is 0. The zero-order valence-electron chi connectivity index (χ0n) is 7.69. The molecule has 76 valence electrons. The Morgan fingerprint density at radius 1 is 1.38 bits per heavy atom. The third-order valence-electron chi connectivity index (χ3n) is 3.53. The molecule has 0 spiro atoms. The maximum absolute atomic E-state index is 10.9. The van der Waals surface area contributed by atoms with Crippen LogP contribution >= 0.6 is 12.4 Å². The van der Waals surface area contributed by atoms with Crippen molar-refractivity contribution in [3.63, 3.8) is 0 Å². The largest absolute Gasteiger partial charge is 0.481 e. The summed E-state index contributed by atoms with van der Waals surface area (Å²) in [6, 6.07) is 0.237. The molecule has 2 saturated carbocycles. The van der Waals surface area contributed by atoms with E-state index in [4.69, 9.17) is 5.11 Å². The fraction of sp³-hybridized carbons (Fsp3) is 0.889. The SMILES string of the molecule is CN[C@H]1[C@H]2CC[C@H](C2)[C@H]1C(=O)O.Cl. The molecule has 0 aromatic carbocycles. The minimum absolute atomic E-state index is 0. The maximum Gasteiger partial charge on any atom is 0.308 e. The second-order valence-electron chi connectivity index (χ2n) is 4.01. The van der Waals surface area contributed by atoms with Gasteiger partial charge in [-0.15, -0.1) is 12.4 Å². The number of halogens is 1. The number of carbonyl (C=O) groups is 1. The van der Waals surface area contributed by atoms with Gasteiger partial charge in [-0.1, -0.05) is 0 Å². The van der Waals surface area contributed by atoms with Crippen LogP contribution in [-0.4, -0.2) is 24.2 Å². The van der Waals surface area contributed by atoms with Crippen LogP contribution in [0.2, 0.25) is 0 Å². The second-order valence-corrected chi connectivity index (χ2v) is 4.01. The Bertz CT molecular complexity index is 210. The van der Waals surface area contributed by atoms with Gasteiger partial charge in [-0.3, -0.25) is 4.79 Å². The summed E-state index contributed by atoms with van der Waals surface area (Å²) in [5, 5.41) is 12.1. The predicted octanol–water partition coefficient (Wildman–Crippen LogP) is 1.13. The molecule has 4 atom stereocenters. The average molecular weight is 206 g/mol. The molecule has 0 aromatic heterocycles. The van der Waals surface area contributed by atoms with Crippen LogP contribution in [0.3, 0.4) is 0 Å². The second kappa shape index (κ2) is 3.84. The van der Waals surface area contributed by atoms with E-state index in [9.17, 15) is 4.79 Å². The van der Waals surface area contributed by atoms with Crippen molar-refractivity contribution in [1.82, 2.24) is 5.32 Å². The molecule has 0 radical (unpaired) electrons. The lowest BCUT2D eigenvalue weighted by molar-refractivity contribution is -0.144. The summed E-state index contributed by atoms with van der Waals surface area (Å²) in [5.41, 5.74) is 0. The summed E-state index contributed by atoms with van der Waals surface area (Å²) in [6.07, 6.45) is 3.47. The van der Waals surface area contributed by atoms with Crippen molar-refractivity contribution >= 4 is 18.4 Å². The van der Waals surface area contributed by atoms with Crippen LogP contribution in [0.4, 0.5) is 0 Å². The molecule has 0 aromatic rings. The van der Waals surface area contributed by atoms with Crippen LogP contribution < -0.4 is 5.32 Å². The fourth-order valence-corrected chi connectivity index (χ4v) is 3.06. The standard InChI is InChI=1S/C9H15NO2.ClH/c1-10-8-6-3-2-5(4-6)7(8)9(11)12;/h5-8,10H,2-4H2,1H3,(H,11,12);1H/t5-,6+,7-,8+;/m1./s1. The van der Waals surface area contributed by atoms with Crippen LogP contribution in [-0.2, 0) is 4.79 Å². The molecule has 0 saturated heterocycles. The molecule has 2 bridgehead atoms. The average Bonchev–Trinajstić information content (AvgIpc) is 2.60. The molecule has 2 rings (SSSR count). The Morgan fingerprint density at radius 2 is 2.00 bits per heavy atom. The molecule has 0 aliphatic heterocycles. The quantitative estimate of drug-likeness (QED) is 0.711. The highest BCUT2D eigenvalue weighted by Crippen LogP contribution is 2.48.